The minimum atomic E-state index is -0.869. The summed E-state index contributed by atoms with van der Waals surface area (Å²) in [5.41, 5.74) is 3.61. The van der Waals surface area contributed by atoms with Crippen LogP contribution in [0.15, 0.2) is 30.5 Å². The Hall–Kier alpha value is -2.03. The first-order valence-electron chi connectivity index (χ1n) is 7.71. The fourth-order valence-corrected chi connectivity index (χ4v) is 3.47. The van der Waals surface area contributed by atoms with Crippen molar-refractivity contribution >= 4 is 22.4 Å². The zero-order valence-electron chi connectivity index (χ0n) is 12.4. The van der Waals surface area contributed by atoms with Crippen LogP contribution in [0.5, 0.6) is 0 Å². The van der Waals surface area contributed by atoms with E-state index in [-0.39, 0.29) is 0 Å². The van der Waals surface area contributed by atoms with Crippen LogP contribution in [-0.2, 0) is 4.79 Å². The number of aliphatic carboxylic acids is 1. The first kappa shape index (κ1) is 13.9. The lowest BCUT2D eigenvalue weighted by atomic mass is 9.84. The fraction of sp³-hybridized carbons (Fsp3) is 0.389. The predicted octanol–water partition coefficient (Wildman–Crippen LogP) is 4.70. The van der Waals surface area contributed by atoms with Gasteiger partial charge in [-0.3, -0.25) is 0 Å². The second-order valence-corrected chi connectivity index (χ2v) is 5.85. The van der Waals surface area contributed by atoms with Gasteiger partial charge in [0.05, 0.1) is 5.57 Å². The van der Waals surface area contributed by atoms with Gasteiger partial charge < -0.3 is 10.1 Å². The van der Waals surface area contributed by atoms with E-state index in [0.717, 1.165) is 11.1 Å². The molecule has 2 aromatic rings. The molecule has 1 aliphatic carbocycles. The maximum atomic E-state index is 11.3. The molecule has 0 saturated heterocycles. The quantitative estimate of drug-likeness (QED) is 0.802. The number of allylic oxidation sites excluding steroid dienone is 1. The lowest BCUT2D eigenvalue weighted by Crippen LogP contribution is -2.04. The number of carboxylic acid groups (broad SMARTS) is 1. The molecule has 21 heavy (non-hydrogen) atoms. The number of fused-ring (bicyclic) bond motifs is 1. The highest BCUT2D eigenvalue weighted by Gasteiger charge is 2.19. The largest absolute Gasteiger partial charge is 0.478 e. The van der Waals surface area contributed by atoms with Crippen LogP contribution in [-0.4, -0.2) is 16.1 Å². The van der Waals surface area contributed by atoms with Crippen LogP contribution in [0.1, 0.15) is 56.1 Å². The SMILES string of the molecule is C/C=C(\C(=O)O)c1ccc2[nH]cc(C3CCCCC3)c2c1. The molecule has 3 nitrogen and oxygen atoms in total. The first-order valence-corrected chi connectivity index (χ1v) is 7.71. The fourth-order valence-electron chi connectivity index (χ4n) is 3.47. The molecule has 0 radical (unpaired) electrons. The van der Waals surface area contributed by atoms with E-state index < -0.39 is 5.97 Å². The molecule has 0 amide bonds. The van der Waals surface area contributed by atoms with Gasteiger partial charge in [-0.2, -0.15) is 0 Å². The van der Waals surface area contributed by atoms with Gasteiger partial charge in [0.25, 0.3) is 0 Å². The molecule has 1 aliphatic rings. The summed E-state index contributed by atoms with van der Waals surface area (Å²) in [7, 11) is 0. The highest BCUT2D eigenvalue weighted by Crippen LogP contribution is 2.37. The molecule has 3 heteroatoms. The van der Waals surface area contributed by atoms with Gasteiger partial charge in [-0.05, 0) is 48.9 Å². The van der Waals surface area contributed by atoms with Crippen molar-refractivity contribution in [2.45, 2.75) is 44.9 Å². The molecule has 1 aromatic carbocycles. The third-order valence-corrected chi connectivity index (χ3v) is 4.59. The van der Waals surface area contributed by atoms with Gasteiger partial charge in [0.15, 0.2) is 0 Å². The van der Waals surface area contributed by atoms with Crippen molar-refractivity contribution in [2.75, 3.05) is 0 Å². The Morgan fingerprint density at radius 2 is 2.05 bits per heavy atom. The smallest absolute Gasteiger partial charge is 0.335 e. The van der Waals surface area contributed by atoms with E-state index in [0.29, 0.717) is 11.5 Å². The minimum Gasteiger partial charge on any atom is -0.478 e. The summed E-state index contributed by atoms with van der Waals surface area (Å²) in [5.74, 6) is -0.256. The second-order valence-electron chi connectivity index (χ2n) is 5.85. The van der Waals surface area contributed by atoms with E-state index in [4.69, 9.17) is 0 Å². The molecular formula is C18H21NO2. The van der Waals surface area contributed by atoms with E-state index >= 15 is 0 Å². The molecule has 0 bridgehead atoms. The van der Waals surface area contributed by atoms with Gasteiger partial charge in [0.1, 0.15) is 0 Å². The van der Waals surface area contributed by atoms with Crippen LogP contribution in [0.4, 0.5) is 0 Å². The van der Waals surface area contributed by atoms with Crippen LogP contribution in [0.3, 0.4) is 0 Å². The van der Waals surface area contributed by atoms with Crippen molar-refractivity contribution in [3.63, 3.8) is 0 Å². The summed E-state index contributed by atoms with van der Waals surface area (Å²) in [5, 5.41) is 10.5. The molecule has 3 rings (SSSR count). The van der Waals surface area contributed by atoms with Crippen LogP contribution in [0.2, 0.25) is 0 Å². The van der Waals surface area contributed by atoms with Gasteiger partial charge >= 0.3 is 5.97 Å². The summed E-state index contributed by atoms with van der Waals surface area (Å²) in [4.78, 5) is 14.6. The van der Waals surface area contributed by atoms with Crippen molar-refractivity contribution < 1.29 is 9.90 Å². The topological polar surface area (TPSA) is 53.1 Å². The molecule has 0 unspecified atom stereocenters. The molecule has 0 atom stereocenters. The minimum absolute atomic E-state index is 0.368. The van der Waals surface area contributed by atoms with Crippen LogP contribution >= 0.6 is 0 Å². The lowest BCUT2D eigenvalue weighted by Gasteiger charge is -2.21. The van der Waals surface area contributed by atoms with E-state index in [1.807, 2.05) is 18.2 Å². The maximum Gasteiger partial charge on any atom is 0.335 e. The molecule has 1 saturated carbocycles. The Bertz CT molecular complexity index is 690. The number of carbonyl (C=O) groups is 1. The van der Waals surface area contributed by atoms with Gasteiger partial charge in [0, 0.05) is 17.1 Å². The summed E-state index contributed by atoms with van der Waals surface area (Å²) >= 11 is 0. The van der Waals surface area contributed by atoms with Crippen LogP contribution in [0, 0.1) is 0 Å². The highest BCUT2D eigenvalue weighted by molar-refractivity contribution is 6.16. The van der Waals surface area contributed by atoms with E-state index in [1.165, 1.54) is 43.1 Å². The number of hydrogen-bond donors (Lipinski definition) is 2. The summed E-state index contributed by atoms with van der Waals surface area (Å²) in [6.45, 7) is 1.77. The summed E-state index contributed by atoms with van der Waals surface area (Å²) in [6.07, 6.45) is 10.2. The average Bonchev–Trinajstić information content (AvgIpc) is 2.92. The first-order chi connectivity index (χ1) is 10.2. The van der Waals surface area contributed by atoms with E-state index in [2.05, 4.69) is 11.2 Å². The Balaban J connectivity index is 2.05. The van der Waals surface area contributed by atoms with Gasteiger partial charge in [-0.25, -0.2) is 4.79 Å². The lowest BCUT2D eigenvalue weighted by molar-refractivity contribution is -0.130. The number of H-pyrrole nitrogens is 1. The number of nitrogens with one attached hydrogen (secondary N) is 1. The Labute approximate surface area is 124 Å². The van der Waals surface area contributed by atoms with Crippen LogP contribution < -0.4 is 0 Å². The average molecular weight is 283 g/mol. The number of benzene rings is 1. The Morgan fingerprint density at radius 3 is 2.71 bits per heavy atom. The van der Waals surface area contributed by atoms with Crippen LogP contribution in [0.25, 0.3) is 16.5 Å². The predicted molar refractivity (Wildman–Crippen MR) is 85.4 cm³/mol. The van der Waals surface area contributed by atoms with Crippen molar-refractivity contribution in [3.8, 4) is 0 Å². The van der Waals surface area contributed by atoms with Crippen molar-refractivity contribution in [1.29, 1.82) is 0 Å². The zero-order valence-corrected chi connectivity index (χ0v) is 12.4. The van der Waals surface area contributed by atoms with Crippen molar-refractivity contribution in [1.82, 2.24) is 4.98 Å². The molecular weight excluding hydrogens is 262 g/mol. The summed E-state index contributed by atoms with van der Waals surface area (Å²) < 4.78 is 0. The molecule has 1 heterocycles. The maximum absolute atomic E-state index is 11.3. The normalized spacial score (nSPS) is 17.3. The summed E-state index contributed by atoms with van der Waals surface area (Å²) in [6, 6.07) is 5.90. The Morgan fingerprint density at radius 1 is 1.29 bits per heavy atom. The third kappa shape index (κ3) is 2.60. The number of aromatic amines is 1. The number of rotatable bonds is 3. The standard InChI is InChI=1S/C18H21NO2/c1-2-14(18(20)21)13-8-9-17-15(10-13)16(11-19-17)12-6-4-3-5-7-12/h2,8-12,19H,3-7H2,1H3,(H,20,21)/b14-2-. The zero-order chi connectivity index (χ0) is 14.8. The van der Waals surface area contributed by atoms with Gasteiger partial charge in [-0.15, -0.1) is 0 Å². The molecule has 1 aromatic heterocycles. The Kier molecular flexibility index (Phi) is 3.82. The highest BCUT2D eigenvalue weighted by atomic mass is 16.4. The third-order valence-electron chi connectivity index (χ3n) is 4.59. The molecule has 1 fully saturated rings. The number of hydrogen-bond acceptors (Lipinski definition) is 1. The van der Waals surface area contributed by atoms with Crippen molar-refractivity contribution in [2.24, 2.45) is 0 Å². The number of carboxylic acids is 1. The van der Waals surface area contributed by atoms with Crippen molar-refractivity contribution in [3.05, 3.63) is 41.6 Å². The van der Waals surface area contributed by atoms with E-state index in [1.54, 1.807) is 13.0 Å². The number of aromatic nitrogens is 1. The van der Waals surface area contributed by atoms with Gasteiger partial charge in [0.2, 0.25) is 0 Å². The molecule has 2 N–H and O–H groups in total. The van der Waals surface area contributed by atoms with Gasteiger partial charge in [-0.1, -0.05) is 31.4 Å². The second kappa shape index (κ2) is 5.76. The molecule has 110 valence electrons. The monoisotopic (exact) mass is 283 g/mol. The molecule has 0 aliphatic heterocycles. The molecule has 0 spiro atoms. The van der Waals surface area contributed by atoms with E-state index in [9.17, 15) is 9.90 Å².